The minimum atomic E-state index is -1.06. The van der Waals surface area contributed by atoms with E-state index in [1.807, 2.05) is 41.8 Å². The molecule has 18 heteroatoms. The standard InChI is InChI=1S/C42H41N11O7/c1-24-4-2-7-32(47-24)39(56)48-26-17-28(18-26)52-23-46-36-37(44-22-45-38(36)52)43-20-25-5-3-6-27(16-25)50-12-14-51(15-13-50)35(55)21-60-29-8-9-30-31(19-29)42(59)53(41(30)58)33-10-11-34(54)49-40(33)57/h2-9,16,19,22-23,26,28,33H,10-15,17-18,20-21H2,1H3,(H,48,56)(H,43,44,45)(H,49,54,57). The summed E-state index contributed by atoms with van der Waals surface area (Å²) in [4.78, 5) is 98.8. The predicted molar refractivity (Wildman–Crippen MR) is 215 cm³/mol. The van der Waals surface area contributed by atoms with Gasteiger partial charge in [-0.25, -0.2) is 19.9 Å². The normalized spacial score (nSPS) is 20.1. The largest absolute Gasteiger partial charge is 0.484 e. The van der Waals surface area contributed by atoms with Crippen LogP contribution in [-0.4, -0.2) is 115 Å². The van der Waals surface area contributed by atoms with Gasteiger partial charge >= 0.3 is 0 Å². The Morgan fingerprint density at radius 3 is 2.50 bits per heavy atom. The maximum Gasteiger partial charge on any atom is 0.270 e. The second-order valence-electron chi connectivity index (χ2n) is 15.3. The van der Waals surface area contributed by atoms with Gasteiger partial charge in [-0.2, -0.15) is 0 Å². The number of pyridine rings is 1. The van der Waals surface area contributed by atoms with Crippen LogP contribution in [0.25, 0.3) is 11.2 Å². The van der Waals surface area contributed by atoms with Crippen LogP contribution in [0.5, 0.6) is 5.75 Å². The van der Waals surface area contributed by atoms with Crippen LogP contribution in [0.1, 0.15) is 74.2 Å². The molecule has 18 nitrogen and oxygen atoms in total. The summed E-state index contributed by atoms with van der Waals surface area (Å²) < 4.78 is 7.82. The molecule has 5 aromatic rings. The van der Waals surface area contributed by atoms with Crippen LogP contribution in [0.15, 0.2) is 73.3 Å². The number of benzene rings is 2. The molecule has 0 radical (unpaired) electrons. The Kier molecular flexibility index (Phi) is 10.1. The van der Waals surface area contributed by atoms with Crippen molar-refractivity contribution in [2.75, 3.05) is 43.0 Å². The number of aromatic nitrogens is 5. The van der Waals surface area contributed by atoms with E-state index in [0.717, 1.165) is 40.3 Å². The first-order chi connectivity index (χ1) is 29.1. The number of piperidine rings is 1. The summed E-state index contributed by atoms with van der Waals surface area (Å²) >= 11 is 0. The molecule has 0 spiro atoms. The Labute approximate surface area is 343 Å². The van der Waals surface area contributed by atoms with Gasteiger partial charge in [0.05, 0.1) is 17.5 Å². The molecular weight excluding hydrogens is 771 g/mol. The van der Waals surface area contributed by atoms with E-state index in [0.29, 0.717) is 49.8 Å². The van der Waals surface area contributed by atoms with E-state index in [-0.39, 0.29) is 60.2 Å². The molecule has 1 atom stereocenters. The van der Waals surface area contributed by atoms with Crippen LogP contribution in [-0.2, 0) is 20.9 Å². The molecule has 1 saturated carbocycles. The lowest BCUT2D eigenvalue weighted by Gasteiger charge is -2.36. The van der Waals surface area contributed by atoms with Gasteiger partial charge in [0.25, 0.3) is 23.6 Å². The highest BCUT2D eigenvalue weighted by atomic mass is 16.5. The molecule has 6 heterocycles. The fourth-order valence-corrected chi connectivity index (χ4v) is 8.15. The average Bonchev–Trinajstić information content (AvgIpc) is 3.78. The lowest BCUT2D eigenvalue weighted by atomic mass is 9.86. The Hall–Kier alpha value is -7.24. The number of imide groups is 2. The van der Waals surface area contributed by atoms with Crippen LogP contribution in [0, 0.1) is 6.92 Å². The van der Waals surface area contributed by atoms with Crippen molar-refractivity contribution < 1.29 is 33.5 Å². The first-order valence-electron chi connectivity index (χ1n) is 19.9. The van der Waals surface area contributed by atoms with Crippen LogP contribution in [0.4, 0.5) is 11.5 Å². The maximum absolute atomic E-state index is 13.2. The summed E-state index contributed by atoms with van der Waals surface area (Å²) in [6.45, 7) is 4.33. The summed E-state index contributed by atoms with van der Waals surface area (Å²) in [6.07, 6.45) is 4.93. The van der Waals surface area contributed by atoms with Gasteiger partial charge in [0.1, 0.15) is 29.3 Å². The van der Waals surface area contributed by atoms with E-state index in [2.05, 4.69) is 46.9 Å². The minimum Gasteiger partial charge on any atom is -0.484 e. The van der Waals surface area contributed by atoms with Crippen LogP contribution in [0.2, 0.25) is 0 Å². The van der Waals surface area contributed by atoms with E-state index in [1.54, 1.807) is 17.3 Å². The number of carbonyl (C=O) groups excluding carboxylic acids is 6. The molecule has 0 bridgehead atoms. The average molecular weight is 812 g/mol. The zero-order valence-electron chi connectivity index (χ0n) is 32.7. The molecule has 3 aliphatic heterocycles. The van der Waals surface area contributed by atoms with Crippen LogP contribution >= 0.6 is 0 Å². The summed E-state index contributed by atoms with van der Waals surface area (Å²) in [5.74, 6) is -1.88. The Morgan fingerprint density at radius 1 is 0.900 bits per heavy atom. The molecule has 2 saturated heterocycles. The van der Waals surface area contributed by atoms with Gasteiger partial charge in [-0.1, -0.05) is 18.2 Å². The molecule has 3 fully saturated rings. The third-order valence-electron chi connectivity index (χ3n) is 11.5. The highest BCUT2D eigenvalue weighted by molar-refractivity contribution is 6.23. The van der Waals surface area contributed by atoms with Crippen LogP contribution in [0.3, 0.4) is 0 Å². The van der Waals surface area contributed by atoms with E-state index >= 15 is 0 Å². The minimum absolute atomic E-state index is 0.0308. The second kappa shape index (κ2) is 15.8. The van der Waals surface area contributed by atoms with Crippen molar-refractivity contribution in [2.24, 2.45) is 0 Å². The van der Waals surface area contributed by atoms with Crippen molar-refractivity contribution in [3.05, 3.63) is 101 Å². The zero-order valence-corrected chi connectivity index (χ0v) is 32.7. The smallest absolute Gasteiger partial charge is 0.270 e. The number of nitrogens with one attached hydrogen (secondary N) is 3. The van der Waals surface area contributed by atoms with E-state index in [1.165, 1.54) is 24.5 Å². The van der Waals surface area contributed by atoms with E-state index < -0.39 is 29.7 Å². The summed E-state index contributed by atoms with van der Waals surface area (Å²) in [6, 6.07) is 17.1. The third kappa shape index (κ3) is 7.46. The van der Waals surface area contributed by atoms with Gasteiger partial charge < -0.3 is 29.7 Å². The monoisotopic (exact) mass is 811 g/mol. The highest BCUT2D eigenvalue weighted by Crippen LogP contribution is 2.35. The highest BCUT2D eigenvalue weighted by Gasteiger charge is 2.45. The van der Waals surface area contributed by atoms with Gasteiger partial charge in [0.15, 0.2) is 18.1 Å². The van der Waals surface area contributed by atoms with Gasteiger partial charge in [-0.3, -0.25) is 39.0 Å². The van der Waals surface area contributed by atoms with Crippen molar-refractivity contribution in [3.63, 3.8) is 0 Å². The van der Waals surface area contributed by atoms with Crippen molar-refractivity contribution in [1.29, 1.82) is 0 Å². The van der Waals surface area contributed by atoms with Gasteiger partial charge in [-0.15, -0.1) is 0 Å². The number of nitrogens with zero attached hydrogens (tertiary/aromatic N) is 8. The Bertz CT molecular complexity index is 2560. The quantitative estimate of drug-likeness (QED) is 0.164. The molecule has 9 rings (SSSR count). The number of rotatable bonds is 11. The Morgan fingerprint density at radius 2 is 1.70 bits per heavy atom. The molecule has 60 heavy (non-hydrogen) atoms. The number of ether oxygens (including phenoxy) is 1. The molecule has 2 aromatic carbocycles. The van der Waals surface area contributed by atoms with Crippen LogP contribution < -0.4 is 25.6 Å². The number of fused-ring (bicyclic) bond motifs is 2. The van der Waals surface area contributed by atoms with Crippen molar-refractivity contribution in [3.8, 4) is 5.75 Å². The fraction of sp³-hybridized carbons (Fsp3) is 0.333. The van der Waals surface area contributed by atoms with Crippen molar-refractivity contribution >= 4 is 58.1 Å². The molecule has 3 aromatic heterocycles. The predicted octanol–water partition coefficient (Wildman–Crippen LogP) is 2.40. The maximum atomic E-state index is 13.2. The number of carbonyl (C=O) groups is 6. The van der Waals surface area contributed by atoms with Crippen molar-refractivity contribution in [1.82, 2.24) is 44.9 Å². The second-order valence-corrected chi connectivity index (χ2v) is 15.3. The van der Waals surface area contributed by atoms with E-state index in [9.17, 15) is 28.8 Å². The van der Waals surface area contributed by atoms with Gasteiger partial charge in [0.2, 0.25) is 11.8 Å². The number of hydrogen-bond acceptors (Lipinski definition) is 13. The Balaban J connectivity index is 0.750. The van der Waals surface area contributed by atoms with Gasteiger partial charge in [-0.05, 0) is 74.2 Å². The fourth-order valence-electron chi connectivity index (χ4n) is 8.15. The van der Waals surface area contributed by atoms with Gasteiger partial charge in [0, 0.05) is 62.6 Å². The molecule has 306 valence electrons. The molecule has 4 aliphatic rings. The van der Waals surface area contributed by atoms with E-state index in [4.69, 9.17) is 4.74 Å². The first-order valence-corrected chi connectivity index (χ1v) is 19.9. The number of imidazole rings is 1. The lowest BCUT2D eigenvalue weighted by Crippen LogP contribution is -2.54. The number of amides is 6. The summed E-state index contributed by atoms with van der Waals surface area (Å²) in [5.41, 5.74) is 4.91. The lowest BCUT2D eigenvalue weighted by molar-refractivity contribution is -0.136. The first kappa shape index (κ1) is 38.3. The number of hydrogen-bond donors (Lipinski definition) is 3. The third-order valence-corrected chi connectivity index (χ3v) is 11.5. The molecule has 1 aliphatic carbocycles. The van der Waals surface area contributed by atoms with Crippen molar-refractivity contribution in [2.45, 2.75) is 57.3 Å². The zero-order chi connectivity index (χ0) is 41.5. The summed E-state index contributed by atoms with van der Waals surface area (Å²) in [5, 5.41) is 8.69. The molecular formula is C42H41N11O7. The molecule has 3 N–H and O–H groups in total. The number of anilines is 2. The number of piperazine rings is 1. The summed E-state index contributed by atoms with van der Waals surface area (Å²) in [7, 11) is 0. The topological polar surface area (TPSA) is 214 Å². The molecule has 1 unspecified atom stereocenters. The molecule has 6 amide bonds. The SMILES string of the molecule is Cc1cccc(C(=O)NC2CC(n3cnc4c(NCc5cccc(N6CCN(C(=O)COc7ccc8c(c7)C(=O)N(C7CCC(=O)NC7=O)C8=O)CC6)c5)ncnc43)C2)n1. The number of aryl methyl sites for hydroxylation is 1.